The molecule has 34 heavy (non-hydrogen) atoms. The van der Waals surface area contributed by atoms with Crippen LogP contribution >= 0.6 is 0 Å². The molecule has 7 nitrogen and oxygen atoms in total. The fourth-order valence-electron chi connectivity index (χ4n) is 4.92. The third kappa shape index (κ3) is 3.95. The fourth-order valence-corrected chi connectivity index (χ4v) is 4.92. The molecule has 5 rings (SSSR count). The predicted molar refractivity (Wildman–Crippen MR) is 114 cm³/mol. The van der Waals surface area contributed by atoms with Gasteiger partial charge in [-0.1, -0.05) is 12.1 Å². The predicted octanol–water partition coefficient (Wildman–Crippen LogP) is 4.26. The van der Waals surface area contributed by atoms with Crippen molar-refractivity contribution in [2.24, 2.45) is 0 Å². The Morgan fingerprint density at radius 3 is 2.50 bits per heavy atom. The average Bonchev–Trinajstić information content (AvgIpc) is 3.37. The topological polar surface area (TPSA) is 83.9 Å². The van der Waals surface area contributed by atoms with Crippen molar-refractivity contribution < 1.29 is 22.4 Å². The minimum Gasteiger partial charge on any atom is -0.364 e. The van der Waals surface area contributed by atoms with E-state index in [1.165, 1.54) is 0 Å². The van der Waals surface area contributed by atoms with Crippen LogP contribution in [0.15, 0.2) is 43.0 Å². The number of aromatic nitrogens is 4. The maximum atomic E-state index is 13.7. The standard InChI is InChI=1S/C23H20F4N6O/c1-12-3-2-4-15(20(12)21-30-8-13(24)9-31-21)22(34)33-14-5-6-17(33)16(7-14)32-19-11-28-18(10-29-19)23(25,26)27/h2-4,8-11,14,16-17H,5-7H2,1H3,(H,29,32)/t14-,16-,17+/m1/s1. The Bertz CT molecular complexity index is 1220. The van der Waals surface area contributed by atoms with Crippen LogP contribution in [0, 0.1) is 12.7 Å². The molecular formula is C23H20F4N6O. The summed E-state index contributed by atoms with van der Waals surface area (Å²) in [7, 11) is 0. The maximum absolute atomic E-state index is 13.7. The Kier molecular flexibility index (Phi) is 5.41. The number of hydrogen-bond acceptors (Lipinski definition) is 6. The number of anilines is 1. The van der Waals surface area contributed by atoms with Crippen molar-refractivity contribution in [3.05, 3.63) is 65.6 Å². The summed E-state index contributed by atoms with van der Waals surface area (Å²) < 4.78 is 51.6. The van der Waals surface area contributed by atoms with Crippen molar-refractivity contribution in [2.45, 2.75) is 50.5 Å². The lowest BCUT2D eigenvalue weighted by atomic mass is 9.95. The summed E-state index contributed by atoms with van der Waals surface area (Å²) in [6, 6.07) is 5.00. The molecule has 3 atom stereocenters. The molecule has 4 heterocycles. The Morgan fingerprint density at radius 1 is 1.06 bits per heavy atom. The van der Waals surface area contributed by atoms with E-state index in [-0.39, 0.29) is 35.7 Å². The second-order valence-electron chi connectivity index (χ2n) is 8.50. The lowest BCUT2D eigenvalue weighted by molar-refractivity contribution is -0.141. The Labute approximate surface area is 192 Å². The largest absolute Gasteiger partial charge is 0.434 e. The van der Waals surface area contributed by atoms with Crippen molar-refractivity contribution in [3.8, 4) is 11.4 Å². The minimum absolute atomic E-state index is 0.0140. The number of amides is 1. The molecule has 1 aromatic carbocycles. The van der Waals surface area contributed by atoms with Gasteiger partial charge in [-0.2, -0.15) is 13.2 Å². The van der Waals surface area contributed by atoms with Gasteiger partial charge >= 0.3 is 6.18 Å². The molecule has 0 saturated carbocycles. The average molecular weight is 472 g/mol. The minimum atomic E-state index is -4.55. The Hall–Kier alpha value is -3.63. The van der Waals surface area contributed by atoms with Gasteiger partial charge in [0.15, 0.2) is 17.3 Å². The molecule has 2 aliphatic heterocycles. The van der Waals surface area contributed by atoms with E-state index in [0.717, 1.165) is 37.0 Å². The highest BCUT2D eigenvalue weighted by atomic mass is 19.4. The summed E-state index contributed by atoms with van der Waals surface area (Å²) in [6.07, 6.45) is 1.57. The molecule has 3 aromatic rings. The molecule has 2 aromatic heterocycles. The summed E-state index contributed by atoms with van der Waals surface area (Å²) in [5.74, 6) is -0.247. The first kappa shape index (κ1) is 22.2. The van der Waals surface area contributed by atoms with Crippen LogP contribution in [0.25, 0.3) is 11.4 Å². The zero-order valence-electron chi connectivity index (χ0n) is 18.1. The maximum Gasteiger partial charge on any atom is 0.434 e. The second-order valence-corrected chi connectivity index (χ2v) is 8.50. The quantitative estimate of drug-likeness (QED) is 0.572. The van der Waals surface area contributed by atoms with Crippen molar-refractivity contribution in [3.63, 3.8) is 0 Å². The Morgan fingerprint density at radius 2 is 1.82 bits per heavy atom. The van der Waals surface area contributed by atoms with E-state index in [4.69, 9.17) is 0 Å². The number of carbonyl (C=O) groups is 1. The normalized spacial score (nSPS) is 21.7. The number of benzene rings is 1. The number of fused-ring (bicyclic) bond motifs is 2. The van der Waals surface area contributed by atoms with E-state index in [1.54, 1.807) is 12.1 Å². The molecule has 2 saturated heterocycles. The molecule has 0 radical (unpaired) electrons. The fraction of sp³-hybridized carbons (Fsp3) is 0.348. The third-order valence-corrected chi connectivity index (χ3v) is 6.39. The summed E-state index contributed by atoms with van der Waals surface area (Å²) in [6.45, 7) is 1.84. The number of halogens is 4. The lowest BCUT2D eigenvalue weighted by Gasteiger charge is -2.26. The van der Waals surface area contributed by atoms with Crippen LogP contribution in [0.3, 0.4) is 0 Å². The van der Waals surface area contributed by atoms with Gasteiger partial charge in [0.25, 0.3) is 5.91 Å². The smallest absolute Gasteiger partial charge is 0.364 e. The van der Waals surface area contributed by atoms with Gasteiger partial charge in [-0.05, 0) is 37.8 Å². The van der Waals surface area contributed by atoms with Crippen LogP contribution in [-0.2, 0) is 6.18 Å². The van der Waals surface area contributed by atoms with E-state index in [0.29, 0.717) is 23.7 Å². The van der Waals surface area contributed by atoms with E-state index < -0.39 is 17.7 Å². The van der Waals surface area contributed by atoms with E-state index in [1.807, 2.05) is 17.9 Å². The second kappa shape index (κ2) is 8.30. The van der Waals surface area contributed by atoms with Crippen LogP contribution in [0.1, 0.15) is 40.9 Å². The van der Waals surface area contributed by atoms with Gasteiger partial charge in [0, 0.05) is 11.6 Å². The molecular weight excluding hydrogens is 452 g/mol. The molecule has 11 heteroatoms. The highest BCUT2D eigenvalue weighted by Gasteiger charge is 2.49. The zero-order chi connectivity index (χ0) is 24.0. The summed E-state index contributed by atoms with van der Waals surface area (Å²) in [5, 5.41) is 3.15. The summed E-state index contributed by atoms with van der Waals surface area (Å²) >= 11 is 0. The van der Waals surface area contributed by atoms with Gasteiger partial charge in [0.2, 0.25) is 0 Å². The zero-order valence-corrected chi connectivity index (χ0v) is 18.1. The van der Waals surface area contributed by atoms with Crippen LogP contribution in [0.4, 0.5) is 23.4 Å². The number of rotatable bonds is 4. The number of nitrogens with zero attached hydrogens (tertiary/aromatic N) is 5. The number of hydrogen-bond donors (Lipinski definition) is 1. The molecule has 0 unspecified atom stereocenters. The van der Waals surface area contributed by atoms with Crippen molar-refractivity contribution in [1.82, 2.24) is 24.8 Å². The first-order valence-corrected chi connectivity index (χ1v) is 10.8. The Balaban J connectivity index is 1.39. The first-order valence-electron chi connectivity index (χ1n) is 10.8. The first-order chi connectivity index (χ1) is 16.2. The number of carbonyl (C=O) groups excluding carboxylic acids is 1. The van der Waals surface area contributed by atoms with Crippen LogP contribution in [-0.4, -0.2) is 48.9 Å². The summed E-state index contributed by atoms with van der Waals surface area (Å²) in [4.78, 5) is 30.9. The van der Waals surface area contributed by atoms with E-state index in [2.05, 4.69) is 25.3 Å². The number of nitrogens with one attached hydrogen (secondary N) is 1. The molecule has 2 fully saturated rings. The van der Waals surface area contributed by atoms with Gasteiger partial charge in [-0.3, -0.25) is 4.79 Å². The highest BCUT2D eigenvalue weighted by Crippen LogP contribution is 2.41. The molecule has 2 aliphatic rings. The van der Waals surface area contributed by atoms with Crippen LogP contribution in [0.2, 0.25) is 0 Å². The van der Waals surface area contributed by atoms with Crippen LogP contribution < -0.4 is 5.32 Å². The van der Waals surface area contributed by atoms with Gasteiger partial charge in [-0.25, -0.2) is 24.3 Å². The van der Waals surface area contributed by atoms with Crippen molar-refractivity contribution in [2.75, 3.05) is 5.32 Å². The molecule has 1 N–H and O–H groups in total. The van der Waals surface area contributed by atoms with Crippen molar-refractivity contribution in [1.29, 1.82) is 0 Å². The number of aryl methyl sites for hydroxylation is 1. The molecule has 1 amide bonds. The van der Waals surface area contributed by atoms with Crippen LogP contribution in [0.5, 0.6) is 0 Å². The van der Waals surface area contributed by atoms with Gasteiger partial charge < -0.3 is 10.2 Å². The van der Waals surface area contributed by atoms with E-state index in [9.17, 15) is 22.4 Å². The summed E-state index contributed by atoms with van der Waals surface area (Å²) in [5.41, 5.74) is 0.715. The monoisotopic (exact) mass is 472 g/mol. The number of alkyl halides is 3. The van der Waals surface area contributed by atoms with Gasteiger partial charge in [0.05, 0.1) is 42.4 Å². The highest BCUT2D eigenvalue weighted by molar-refractivity contribution is 6.01. The molecule has 0 spiro atoms. The molecule has 176 valence electrons. The molecule has 0 aliphatic carbocycles. The lowest BCUT2D eigenvalue weighted by Crippen LogP contribution is -2.40. The van der Waals surface area contributed by atoms with Crippen molar-refractivity contribution >= 4 is 11.7 Å². The van der Waals surface area contributed by atoms with E-state index >= 15 is 0 Å². The van der Waals surface area contributed by atoms with Gasteiger partial charge in [-0.15, -0.1) is 0 Å². The SMILES string of the molecule is Cc1cccc(C(=O)N2[C@@H]3CC[C@H]2[C@H](Nc2cnc(C(F)(F)F)cn2)C3)c1-c1ncc(F)cn1. The third-order valence-electron chi connectivity index (χ3n) is 6.39. The molecule has 2 bridgehead atoms. The van der Waals surface area contributed by atoms with Gasteiger partial charge in [0.1, 0.15) is 5.82 Å².